The molecule has 0 aliphatic heterocycles. The Balaban J connectivity index is 1.19. The van der Waals surface area contributed by atoms with Crippen LogP contribution in [-0.2, 0) is 9.59 Å². The molecule has 0 aliphatic rings. The molecule has 0 unspecified atom stereocenters. The minimum absolute atomic E-state index is 0.0295. The fourth-order valence-corrected chi connectivity index (χ4v) is 5.98. The Labute approximate surface area is 265 Å². The van der Waals surface area contributed by atoms with Gasteiger partial charge in [-0.3, -0.25) is 9.59 Å². The molecule has 0 saturated carbocycles. The third-order valence-corrected chi connectivity index (χ3v) is 8.83. The van der Waals surface area contributed by atoms with Crippen LogP contribution in [0.5, 0.6) is 0 Å². The molecule has 0 fully saturated rings. The van der Waals surface area contributed by atoms with Crippen LogP contribution >= 0.6 is 23.5 Å². The summed E-state index contributed by atoms with van der Waals surface area (Å²) < 4.78 is 0. The maximum Gasteiger partial charge on any atom is 0.230 e. The average molecular weight is 631 g/mol. The number of aromatic nitrogens is 4. The lowest BCUT2D eigenvalue weighted by Gasteiger charge is -2.10. The van der Waals surface area contributed by atoms with E-state index in [1.165, 1.54) is 23.5 Å². The number of nitrogens with one attached hydrogen (secondary N) is 4. The van der Waals surface area contributed by atoms with Gasteiger partial charge in [0.1, 0.15) is 11.6 Å². The molecule has 0 atom stereocenters. The van der Waals surface area contributed by atoms with Crippen LogP contribution in [0.15, 0.2) is 70.5 Å². The number of H-pyrrole nitrogens is 2. The van der Waals surface area contributed by atoms with Crippen LogP contribution in [0.4, 0.5) is 0 Å². The van der Waals surface area contributed by atoms with E-state index in [1.807, 2.05) is 98.7 Å². The normalized spacial score (nSPS) is 11.6. The predicted molar refractivity (Wildman–Crippen MR) is 181 cm³/mol. The number of nitrogens with zero attached hydrogens (tertiary/aromatic N) is 4. The van der Waals surface area contributed by atoms with Crippen molar-refractivity contribution in [2.45, 2.75) is 9.79 Å². The number of amides is 2. The van der Waals surface area contributed by atoms with E-state index in [0.717, 1.165) is 67.7 Å². The second-order valence-corrected chi connectivity index (χ2v) is 13.1. The summed E-state index contributed by atoms with van der Waals surface area (Å²) in [6.45, 7) is 2.92. The molecule has 0 bridgehead atoms. The van der Waals surface area contributed by atoms with E-state index in [9.17, 15) is 9.59 Å². The van der Waals surface area contributed by atoms with E-state index in [4.69, 9.17) is 9.97 Å². The van der Waals surface area contributed by atoms with E-state index < -0.39 is 0 Å². The number of hydrogen-bond donors (Lipinski definition) is 4. The highest BCUT2D eigenvalue weighted by molar-refractivity contribution is 8.00. The van der Waals surface area contributed by atoms with Crippen molar-refractivity contribution < 1.29 is 9.59 Å². The number of imidazole rings is 2. The van der Waals surface area contributed by atoms with Crippen molar-refractivity contribution in [1.82, 2.24) is 40.4 Å². The number of thioether (sulfide) groups is 2. The number of carbonyl (C=O) groups excluding carboxylic acids is 2. The molecule has 2 amide bonds. The van der Waals surface area contributed by atoms with Crippen molar-refractivity contribution in [2.24, 2.45) is 0 Å². The number of aromatic amines is 2. The third kappa shape index (κ3) is 8.63. The predicted octanol–water partition coefficient (Wildman–Crippen LogP) is 4.31. The van der Waals surface area contributed by atoms with Gasteiger partial charge in [-0.2, -0.15) is 0 Å². The molecule has 44 heavy (non-hydrogen) atoms. The second kappa shape index (κ2) is 14.8. The maximum atomic E-state index is 12.1. The van der Waals surface area contributed by atoms with E-state index in [1.54, 1.807) is 0 Å². The second-order valence-electron chi connectivity index (χ2n) is 11.0. The van der Waals surface area contributed by atoms with Gasteiger partial charge in [0.2, 0.25) is 11.8 Å². The van der Waals surface area contributed by atoms with E-state index in [2.05, 4.69) is 20.6 Å². The number of benzene rings is 3. The lowest BCUT2D eigenvalue weighted by molar-refractivity contribution is -0.119. The molecule has 10 nitrogen and oxygen atoms in total. The maximum absolute atomic E-state index is 12.1. The number of hydrogen-bond acceptors (Lipinski definition) is 8. The highest BCUT2D eigenvalue weighted by Gasteiger charge is 2.11. The van der Waals surface area contributed by atoms with Gasteiger partial charge in [0, 0.05) is 47.1 Å². The summed E-state index contributed by atoms with van der Waals surface area (Å²) in [5, 5.41) is 5.89. The molecule has 2 aromatic heterocycles. The number of likely N-dealkylation sites (N-methyl/N-ethyl adjacent to an activating group) is 2. The van der Waals surface area contributed by atoms with E-state index in [-0.39, 0.29) is 11.8 Å². The van der Waals surface area contributed by atoms with Gasteiger partial charge in [-0.15, -0.1) is 23.5 Å². The largest absolute Gasteiger partial charge is 0.354 e. The zero-order valence-electron chi connectivity index (χ0n) is 25.4. The van der Waals surface area contributed by atoms with Crippen LogP contribution in [-0.4, -0.2) is 107 Å². The fraction of sp³-hybridized carbons (Fsp3) is 0.312. The molecular weight excluding hydrogens is 593 g/mol. The highest BCUT2D eigenvalue weighted by atomic mass is 32.2. The van der Waals surface area contributed by atoms with Crippen molar-refractivity contribution in [3.63, 3.8) is 0 Å². The molecule has 5 aromatic rings. The molecule has 12 heteroatoms. The lowest BCUT2D eigenvalue weighted by atomic mass is 10.1. The minimum atomic E-state index is 0.0295. The quantitative estimate of drug-likeness (QED) is 0.134. The lowest BCUT2D eigenvalue weighted by Crippen LogP contribution is -2.32. The Kier molecular flexibility index (Phi) is 10.6. The van der Waals surface area contributed by atoms with Crippen molar-refractivity contribution in [3.8, 4) is 22.8 Å². The molecule has 3 aromatic carbocycles. The van der Waals surface area contributed by atoms with Crippen molar-refractivity contribution in [3.05, 3.63) is 60.7 Å². The molecule has 4 N–H and O–H groups in total. The Hall–Kier alpha value is -3.84. The molecule has 230 valence electrons. The van der Waals surface area contributed by atoms with Gasteiger partial charge < -0.3 is 30.4 Å². The number of rotatable bonds is 14. The fourth-order valence-electron chi connectivity index (χ4n) is 4.45. The molecule has 0 spiro atoms. The first-order valence-corrected chi connectivity index (χ1v) is 16.4. The Bertz CT molecular complexity index is 1600. The third-order valence-electron chi connectivity index (χ3n) is 6.84. The van der Waals surface area contributed by atoms with Gasteiger partial charge in [-0.1, -0.05) is 24.3 Å². The summed E-state index contributed by atoms with van der Waals surface area (Å²) in [5.41, 5.74) is 5.55. The monoisotopic (exact) mass is 630 g/mol. The Morgan fingerprint density at radius 1 is 0.659 bits per heavy atom. The van der Waals surface area contributed by atoms with Crippen LogP contribution in [0.2, 0.25) is 0 Å². The average Bonchev–Trinajstić information content (AvgIpc) is 3.62. The molecule has 0 radical (unpaired) electrons. The molecular formula is C32H38N8O2S2. The van der Waals surface area contributed by atoms with Crippen LogP contribution in [0.3, 0.4) is 0 Å². The first-order valence-electron chi connectivity index (χ1n) is 14.4. The van der Waals surface area contributed by atoms with Gasteiger partial charge in [-0.05, 0) is 64.6 Å². The summed E-state index contributed by atoms with van der Waals surface area (Å²) in [6.07, 6.45) is 0. The topological polar surface area (TPSA) is 122 Å². The first-order chi connectivity index (χ1) is 21.2. The van der Waals surface area contributed by atoms with Crippen molar-refractivity contribution in [1.29, 1.82) is 0 Å². The van der Waals surface area contributed by atoms with Crippen LogP contribution in [0.1, 0.15) is 0 Å². The van der Waals surface area contributed by atoms with Crippen molar-refractivity contribution in [2.75, 3.05) is 65.9 Å². The zero-order valence-corrected chi connectivity index (χ0v) is 27.1. The first kappa shape index (κ1) is 31.6. The van der Waals surface area contributed by atoms with Gasteiger partial charge in [0.25, 0.3) is 0 Å². The van der Waals surface area contributed by atoms with Gasteiger partial charge in [0.05, 0.1) is 33.6 Å². The van der Waals surface area contributed by atoms with Crippen LogP contribution < -0.4 is 10.6 Å². The van der Waals surface area contributed by atoms with E-state index >= 15 is 0 Å². The molecule has 0 saturated heterocycles. The van der Waals surface area contributed by atoms with Crippen LogP contribution in [0, 0.1) is 0 Å². The summed E-state index contributed by atoms with van der Waals surface area (Å²) in [7, 11) is 7.94. The summed E-state index contributed by atoms with van der Waals surface area (Å²) in [5.74, 6) is 2.37. The zero-order chi connectivity index (χ0) is 31.1. The Morgan fingerprint density at radius 2 is 1.07 bits per heavy atom. The molecule has 5 rings (SSSR count). The molecule has 2 heterocycles. The number of fused-ring (bicyclic) bond motifs is 2. The minimum Gasteiger partial charge on any atom is -0.354 e. The summed E-state index contributed by atoms with van der Waals surface area (Å²) >= 11 is 3.02. The SMILES string of the molecule is CN(C)CCNC(=O)CSc1ccc2nc(-c3ccc(-c4nc5ccc(SCC(=O)NCCN(C)C)cc5[nH]4)cc3)[nH]c2c1. The van der Waals surface area contributed by atoms with E-state index in [0.29, 0.717) is 24.6 Å². The van der Waals surface area contributed by atoms with Crippen LogP contribution in [0.25, 0.3) is 44.8 Å². The van der Waals surface area contributed by atoms with Gasteiger partial charge in [0.15, 0.2) is 0 Å². The van der Waals surface area contributed by atoms with Crippen molar-refractivity contribution >= 4 is 57.4 Å². The number of carbonyl (C=O) groups is 2. The Morgan fingerprint density at radius 3 is 1.45 bits per heavy atom. The molecule has 0 aliphatic carbocycles. The summed E-state index contributed by atoms with van der Waals surface area (Å²) in [6, 6.07) is 20.2. The van der Waals surface area contributed by atoms with Gasteiger partial charge >= 0.3 is 0 Å². The smallest absolute Gasteiger partial charge is 0.230 e. The highest BCUT2D eigenvalue weighted by Crippen LogP contribution is 2.29. The standard InChI is InChI=1S/C32H38N8O2S2/c1-39(2)15-13-33-29(41)19-43-23-9-11-25-27(17-23)37-31(35-25)21-5-7-22(8-6-21)32-36-26-12-10-24(18-28(26)38-32)44-20-30(42)34-14-16-40(3)4/h5-12,17-18H,13-16,19-20H2,1-4H3,(H,33,41)(H,34,42)(H,35,37)(H,36,38). The van der Waals surface area contributed by atoms with Gasteiger partial charge in [-0.25, -0.2) is 9.97 Å². The summed E-state index contributed by atoms with van der Waals surface area (Å²) in [4.78, 5) is 46.8.